The number of hydrogen-bond acceptors (Lipinski definition) is 3. The second kappa shape index (κ2) is 6.17. The van der Waals surface area contributed by atoms with Crippen molar-refractivity contribution >= 4 is 11.6 Å². The first-order chi connectivity index (χ1) is 9.11. The van der Waals surface area contributed by atoms with E-state index in [1.54, 1.807) is 4.68 Å². The first kappa shape index (κ1) is 14.0. The van der Waals surface area contributed by atoms with Gasteiger partial charge in [-0.15, -0.1) is 5.10 Å². The van der Waals surface area contributed by atoms with Crippen LogP contribution in [-0.4, -0.2) is 21.5 Å². The number of hydrogen-bond donors (Lipinski definition) is 1. The molecule has 0 radical (unpaired) electrons. The zero-order valence-corrected chi connectivity index (χ0v) is 12.3. The average Bonchev–Trinajstić information content (AvgIpc) is 2.78. The minimum absolute atomic E-state index is 0.209. The molecule has 1 aromatic carbocycles. The molecule has 2 rings (SSSR count). The molecule has 2 aromatic rings. The minimum atomic E-state index is 0.209. The first-order valence-corrected chi connectivity index (χ1v) is 6.83. The van der Waals surface area contributed by atoms with Crippen LogP contribution in [0.15, 0.2) is 24.4 Å². The molecule has 1 unspecified atom stereocenters. The van der Waals surface area contributed by atoms with Crippen LogP contribution in [0.3, 0.4) is 0 Å². The van der Waals surface area contributed by atoms with Gasteiger partial charge in [0.1, 0.15) is 0 Å². The fourth-order valence-corrected chi connectivity index (χ4v) is 2.42. The number of aryl methyl sites for hydroxylation is 1. The molecule has 0 aliphatic carbocycles. The van der Waals surface area contributed by atoms with Crippen LogP contribution in [0.25, 0.3) is 0 Å². The molecule has 1 atom stereocenters. The standard InChI is InChI=1S/C14H19ClN4/c1-4-16-14(8-11-9-19(3)18-17-11)12-6-5-7-13(15)10(12)2/h5-7,9,14,16H,4,8H2,1-3H3. The molecule has 0 aliphatic heterocycles. The van der Waals surface area contributed by atoms with Crippen LogP contribution >= 0.6 is 11.6 Å². The Kier molecular flexibility index (Phi) is 4.56. The quantitative estimate of drug-likeness (QED) is 0.914. The van der Waals surface area contributed by atoms with Crippen LogP contribution < -0.4 is 5.32 Å². The molecule has 0 fully saturated rings. The summed E-state index contributed by atoms with van der Waals surface area (Å²) in [5.41, 5.74) is 3.33. The Hall–Kier alpha value is -1.39. The van der Waals surface area contributed by atoms with Crippen LogP contribution in [-0.2, 0) is 13.5 Å². The van der Waals surface area contributed by atoms with Crippen molar-refractivity contribution < 1.29 is 0 Å². The summed E-state index contributed by atoms with van der Waals surface area (Å²) in [4.78, 5) is 0. The number of nitrogens with zero attached hydrogens (tertiary/aromatic N) is 3. The molecule has 1 aromatic heterocycles. The van der Waals surface area contributed by atoms with Crippen LogP contribution in [0, 0.1) is 6.92 Å². The number of likely N-dealkylation sites (N-methyl/N-ethyl adjacent to an activating group) is 1. The summed E-state index contributed by atoms with van der Waals surface area (Å²) < 4.78 is 1.73. The summed E-state index contributed by atoms with van der Waals surface area (Å²) in [6.45, 7) is 5.05. The van der Waals surface area contributed by atoms with E-state index in [4.69, 9.17) is 11.6 Å². The van der Waals surface area contributed by atoms with Gasteiger partial charge >= 0.3 is 0 Å². The van der Waals surface area contributed by atoms with Crippen LogP contribution in [0.4, 0.5) is 0 Å². The highest BCUT2D eigenvalue weighted by Crippen LogP contribution is 2.26. The van der Waals surface area contributed by atoms with E-state index in [1.165, 1.54) is 5.56 Å². The highest BCUT2D eigenvalue weighted by molar-refractivity contribution is 6.31. The van der Waals surface area contributed by atoms with E-state index in [2.05, 4.69) is 35.5 Å². The van der Waals surface area contributed by atoms with Crippen molar-refractivity contribution in [3.05, 3.63) is 46.2 Å². The summed E-state index contributed by atoms with van der Waals surface area (Å²) in [6, 6.07) is 6.24. The number of benzene rings is 1. The maximum absolute atomic E-state index is 6.21. The molecule has 0 bridgehead atoms. The molecular formula is C14H19ClN4. The van der Waals surface area contributed by atoms with E-state index >= 15 is 0 Å². The SMILES string of the molecule is CCNC(Cc1cn(C)nn1)c1cccc(Cl)c1C. The molecular weight excluding hydrogens is 260 g/mol. The Morgan fingerprint density at radius 1 is 1.42 bits per heavy atom. The summed E-state index contributed by atoms with van der Waals surface area (Å²) in [6.07, 6.45) is 2.76. The van der Waals surface area contributed by atoms with Gasteiger partial charge in [-0.2, -0.15) is 0 Å². The van der Waals surface area contributed by atoms with Crippen LogP contribution in [0.1, 0.15) is 29.8 Å². The van der Waals surface area contributed by atoms with Gasteiger partial charge < -0.3 is 5.32 Å². The van der Waals surface area contributed by atoms with E-state index in [0.29, 0.717) is 0 Å². The van der Waals surface area contributed by atoms with Crippen molar-refractivity contribution in [1.29, 1.82) is 0 Å². The second-order valence-electron chi connectivity index (χ2n) is 4.65. The molecule has 1 N–H and O–H groups in total. The highest BCUT2D eigenvalue weighted by Gasteiger charge is 2.16. The highest BCUT2D eigenvalue weighted by atomic mass is 35.5. The lowest BCUT2D eigenvalue weighted by molar-refractivity contribution is 0.541. The molecule has 0 saturated heterocycles. The lowest BCUT2D eigenvalue weighted by atomic mass is 9.97. The van der Waals surface area contributed by atoms with Crippen molar-refractivity contribution in [3.8, 4) is 0 Å². The van der Waals surface area contributed by atoms with Gasteiger partial charge in [0, 0.05) is 30.7 Å². The molecule has 0 amide bonds. The monoisotopic (exact) mass is 278 g/mol. The lowest BCUT2D eigenvalue weighted by Gasteiger charge is -2.20. The van der Waals surface area contributed by atoms with E-state index in [1.807, 2.05) is 25.4 Å². The number of aromatic nitrogens is 3. The Morgan fingerprint density at radius 3 is 2.84 bits per heavy atom. The zero-order valence-electron chi connectivity index (χ0n) is 11.5. The molecule has 5 heteroatoms. The predicted octanol–water partition coefficient (Wildman–Crippen LogP) is 2.67. The largest absolute Gasteiger partial charge is 0.310 e. The van der Waals surface area contributed by atoms with Crippen molar-refractivity contribution in [1.82, 2.24) is 20.3 Å². The van der Waals surface area contributed by atoms with Gasteiger partial charge in [0.05, 0.1) is 5.69 Å². The zero-order chi connectivity index (χ0) is 13.8. The minimum Gasteiger partial charge on any atom is -0.310 e. The molecule has 19 heavy (non-hydrogen) atoms. The summed E-state index contributed by atoms with van der Waals surface area (Å²) in [5, 5.41) is 12.4. The van der Waals surface area contributed by atoms with Crippen molar-refractivity contribution in [3.63, 3.8) is 0 Å². The molecule has 0 aliphatic rings. The molecule has 0 saturated carbocycles. The molecule has 102 valence electrons. The van der Waals surface area contributed by atoms with Crippen LogP contribution in [0.5, 0.6) is 0 Å². The Morgan fingerprint density at radius 2 is 2.21 bits per heavy atom. The third-order valence-corrected chi connectivity index (χ3v) is 3.61. The molecule has 4 nitrogen and oxygen atoms in total. The van der Waals surface area contributed by atoms with Gasteiger partial charge in [0.2, 0.25) is 0 Å². The fraction of sp³-hybridized carbons (Fsp3) is 0.429. The maximum atomic E-state index is 6.21. The predicted molar refractivity (Wildman–Crippen MR) is 77.3 cm³/mol. The third-order valence-electron chi connectivity index (χ3n) is 3.20. The second-order valence-corrected chi connectivity index (χ2v) is 5.06. The van der Waals surface area contributed by atoms with Gasteiger partial charge in [-0.3, -0.25) is 4.68 Å². The maximum Gasteiger partial charge on any atom is 0.0845 e. The Bertz CT molecular complexity index is 550. The Balaban J connectivity index is 2.26. The number of nitrogens with one attached hydrogen (secondary N) is 1. The van der Waals surface area contributed by atoms with E-state index in [0.717, 1.165) is 29.2 Å². The summed E-state index contributed by atoms with van der Waals surface area (Å²) >= 11 is 6.21. The smallest absolute Gasteiger partial charge is 0.0845 e. The molecule has 1 heterocycles. The topological polar surface area (TPSA) is 42.7 Å². The van der Waals surface area contributed by atoms with Crippen molar-refractivity contribution in [2.75, 3.05) is 6.54 Å². The number of rotatable bonds is 5. The Labute approximate surface area is 118 Å². The van der Waals surface area contributed by atoms with Gasteiger partial charge in [0.15, 0.2) is 0 Å². The third kappa shape index (κ3) is 3.33. The lowest BCUT2D eigenvalue weighted by Crippen LogP contribution is -2.24. The van der Waals surface area contributed by atoms with Gasteiger partial charge in [-0.1, -0.05) is 35.9 Å². The van der Waals surface area contributed by atoms with E-state index < -0.39 is 0 Å². The molecule has 0 spiro atoms. The average molecular weight is 279 g/mol. The van der Waals surface area contributed by atoms with E-state index in [9.17, 15) is 0 Å². The van der Waals surface area contributed by atoms with E-state index in [-0.39, 0.29) is 6.04 Å². The summed E-state index contributed by atoms with van der Waals surface area (Å²) in [7, 11) is 1.88. The van der Waals surface area contributed by atoms with Gasteiger partial charge in [-0.25, -0.2) is 0 Å². The van der Waals surface area contributed by atoms with Crippen LogP contribution in [0.2, 0.25) is 5.02 Å². The van der Waals surface area contributed by atoms with Gasteiger partial charge in [0.25, 0.3) is 0 Å². The normalized spacial score (nSPS) is 12.6. The first-order valence-electron chi connectivity index (χ1n) is 6.45. The van der Waals surface area contributed by atoms with Gasteiger partial charge in [-0.05, 0) is 30.7 Å². The van der Waals surface area contributed by atoms with Crippen molar-refractivity contribution in [2.24, 2.45) is 7.05 Å². The number of halogens is 1. The van der Waals surface area contributed by atoms with Crippen molar-refractivity contribution in [2.45, 2.75) is 26.3 Å². The fourth-order valence-electron chi connectivity index (χ4n) is 2.24. The summed E-state index contributed by atoms with van der Waals surface area (Å²) in [5.74, 6) is 0.